The Hall–Kier alpha value is -0.296. The molecular formula is C11H28N2OSi2. The third kappa shape index (κ3) is 4.69. The van der Waals surface area contributed by atoms with Gasteiger partial charge in [-0.15, -0.1) is 0 Å². The van der Waals surface area contributed by atoms with Gasteiger partial charge in [-0.1, -0.05) is 53.9 Å². The lowest BCUT2D eigenvalue weighted by atomic mass is 10.6. The van der Waals surface area contributed by atoms with Gasteiger partial charge in [0.15, 0.2) is 16.5 Å². The zero-order chi connectivity index (χ0) is 13.1. The SMILES string of the molecule is CC(C)[Si](C)(C)NC(=O)N[Si](C)(C)C(C)C. The van der Waals surface area contributed by atoms with E-state index in [9.17, 15) is 4.79 Å². The minimum Gasteiger partial charge on any atom is -0.365 e. The summed E-state index contributed by atoms with van der Waals surface area (Å²) in [5.41, 5.74) is 1.11. The van der Waals surface area contributed by atoms with Crippen molar-refractivity contribution in [3.8, 4) is 0 Å². The second-order valence-corrected chi connectivity index (χ2v) is 16.0. The molecule has 0 fully saturated rings. The number of carbonyl (C=O) groups is 1. The number of hydrogen-bond donors (Lipinski definition) is 2. The predicted octanol–water partition coefficient (Wildman–Crippen LogP) is 3.52. The summed E-state index contributed by atoms with van der Waals surface area (Å²) in [7, 11) is -3.24. The Balaban J connectivity index is 4.41. The van der Waals surface area contributed by atoms with Crippen molar-refractivity contribution in [1.29, 1.82) is 0 Å². The molecule has 0 unspecified atom stereocenters. The quantitative estimate of drug-likeness (QED) is 0.746. The van der Waals surface area contributed by atoms with Crippen molar-refractivity contribution in [2.45, 2.75) is 65.0 Å². The highest BCUT2D eigenvalue weighted by atomic mass is 28.3. The summed E-state index contributed by atoms with van der Waals surface area (Å²) in [5, 5.41) is 0. The molecule has 0 heterocycles. The van der Waals surface area contributed by atoms with Gasteiger partial charge in [-0.05, 0) is 11.1 Å². The summed E-state index contributed by atoms with van der Waals surface area (Å²) >= 11 is 0. The van der Waals surface area contributed by atoms with Crippen LogP contribution < -0.4 is 9.96 Å². The third-order valence-corrected chi connectivity index (χ3v) is 11.3. The highest BCUT2D eigenvalue weighted by Crippen LogP contribution is 2.19. The van der Waals surface area contributed by atoms with Crippen LogP contribution in [0.1, 0.15) is 27.7 Å². The molecule has 0 bridgehead atoms. The average molecular weight is 261 g/mol. The first-order valence-electron chi connectivity index (χ1n) is 6.09. The van der Waals surface area contributed by atoms with Crippen molar-refractivity contribution in [2.75, 3.05) is 0 Å². The topological polar surface area (TPSA) is 41.1 Å². The summed E-state index contributed by atoms with van der Waals surface area (Å²) < 4.78 is 0. The fourth-order valence-electron chi connectivity index (χ4n) is 0.905. The highest BCUT2D eigenvalue weighted by molar-refractivity contribution is 6.81. The van der Waals surface area contributed by atoms with E-state index in [0.29, 0.717) is 11.1 Å². The van der Waals surface area contributed by atoms with E-state index in [1.54, 1.807) is 0 Å². The van der Waals surface area contributed by atoms with Gasteiger partial charge in [0.2, 0.25) is 0 Å². The Morgan fingerprint density at radius 1 is 0.812 bits per heavy atom. The lowest BCUT2D eigenvalue weighted by molar-refractivity contribution is 0.249. The van der Waals surface area contributed by atoms with E-state index in [1.165, 1.54) is 0 Å². The van der Waals surface area contributed by atoms with E-state index in [4.69, 9.17) is 0 Å². The van der Waals surface area contributed by atoms with Gasteiger partial charge in [0.1, 0.15) is 0 Å². The van der Waals surface area contributed by atoms with Crippen LogP contribution in [0.5, 0.6) is 0 Å². The van der Waals surface area contributed by atoms with Gasteiger partial charge in [0.05, 0.1) is 0 Å². The monoisotopic (exact) mass is 260 g/mol. The van der Waals surface area contributed by atoms with Gasteiger partial charge in [0, 0.05) is 0 Å². The second-order valence-electron chi connectivity index (χ2n) is 6.33. The molecule has 0 aliphatic heterocycles. The molecule has 5 heteroatoms. The minimum atomic E-state index is -1.62. The molecule has 0 spiro atoms. The van der Waals surface area contributed by atoms with E-state index in [0.717, 1.165) is 0 Å². The van der Waals surface area contributed by atoms with Gasteiger partial charge in [0.25, 0.3) is 6.03 Å². The summed E-state index contributed by atoms with van der Waals surface area (Å²) in [5.74, 6) is 0. The van der Waals surface area contributed by atoms with E-state index < -0.39 is 16.5 Å². The Bertz CT molecular complexity index is 226. The van der Waals surface area contributed by atoms with Crippen LogP contribution in [0.4, 0.5) is 4.79 Å². The zero-order valence-electron chi connectivity index (χ0n) is 12.1. The van der Waals surface area contributed by atoms with E-state index in [1.807, 2.05) is 0 Å². The molecule has 16 heavy (non-hydrogen) atoms. The highest BCUT2D eigenvalue weighted by Gasteiger charge is 2.32. The van der Waals surface area contributed by atoms with Crippen LogP contribution in [0.2, 0.25) is 37.3 Å². The van der Waals surface area contributed by atoms with Crippen LogP contribution in [-0.2, 0) is 0 Å². The van der Waals surface area contributed by atoms with Crippen molar-refractivity contribution in [2.24, 2.45) is 0 Å². The lowest BCUT2D eigenvalue weighted by Gasteiger charge is -2.32. The Morgan fingerprint density at radius 3 is 1.25 bits per heavy atom. The Morgan fingerprint density at radius 2 is 1.06 bits per heavy atom. The molecule has 0 aromatic rings. The van der Waals surface area contributed by atoms with Gasteiger partial charge in [-0.2, -0.15) is 0 Å². The Kier molecular flexibility index (Phi) is 5.26. The largest absolute Gasteiger partial charge is 0.365 e. The molecule has 2 amide bonds. The van der Waals surface area contributed by atoms with Gasteiger partial charge >= 0.3 is 0 Å². The molecule has 3 nitrogen and oxygen atoms in total. The average Bonchev–Trinajstić information content (AvgIpc) is 2.00. The fraction of sp³-hybridized carbons (Fsp3) is 0.909. The van der Waals surface area contributed by atoms with Crippen molar-refractivity contribution in [3.63, 3.8) is 0 Å². The number of amides is 2. The molecular weight excluding hydrogens is 232 g/mol. The first-order valence-corrected chi connectivity index (χ1v) is 12.2. The van der Waals surface area contributed by atoms with Gasteiger partial charge in [-0.3, -0.25) is 4.79 Å². The second kappa shape index (κ2) is 5.36. The molecule has 2 N–H and O–H groups in total. The van der Waals surface area contributed by atoms with Crippen molar-refractivity contribution < 1.29 is 4.79 Å². The number of rotatable bonds is 4. The summed E-state index contributed by atoms with van der Waals surface area (Å²) in [6, 6.07) is 0.0377. The smallest absolute Gasteiger partial charge is 0.298 e. The molecule has 0 radical (unpaired) electrons. The first kappa shape index (κ1) is 15.7. The first-order chi connectivity index (χ1) is 6.99. The maximum atomic E-state index is 11.9. The number of nitrogens with one attached hydrogen (secondary N) is 2. The maximum absolute atomic E-state index is 11.9. The standard InChI is InChI=1S/C11H28N2OSi2/c1-9(2)15(5,6)12-11(14)13-16(7,8)10(3)4/h9-10H,1-8H3,(H2,12,13,14). The van der Waals surface area contributed by atoms with Crippen LogP contribution in [0, 0.1) is 0 Å². The molecule has 96 valence electrons. The number of urea groups is 1. The number of carbonyl (C=O) groups excluding carboxylic acids is 1. The van der Waals surface area contributed by atoms with Crippen molar-refractivity contribution in [1.82, 2.24) is 9.96 Å². The molecule has 0 atom stereocenters. The number of hydrogen-bond acceptors (Lipinski definition) is 1. The van der Waals surface area contributed by atoms with Crippen LogP contribution in [0.15, 0.2) is 0 Å². The van der Waals surface area contributed by atoms with Crippen LogP contribution in [-0.4, -0.2) is 22.5 Å². The molecule has 0 saturated heterocycles. The molecule has 0 saturated carbocycles. The van der Waals surface area contributed by atoms with Gasteiger partial charge < -0.3 is 9.96 Å². The maximum Gasteiger partial charge on any atom is 0.298 e. The van der Waals surface area contributed by atoms with Crippen molar-refractivity contribution in [3.05, 3.63) is 0 Å². The summed E-state index contributed by atoms with van der Waals surface area (Å²) in [6.45, 7) is 17.5. The van der Waals surface area contributed by atoms with Crippen LogP contribution in [0.3, 0.4) is 0 Å². The third-order valence-electron chi connectivity index (χ3n) is 3.76. The fourth-order valence-corrected chi connectivity index (χ4v) is 2.90. The van der Waals surface area contributed by atoms with Gasteiger partial charge in [-0.25, -0.2) is 0 Å². The van der Waals surface area contributed by atoms with E-state index in [2.05, 4.69) is 63.8 Å². The summed E-state index contributed by atoms with van der Waals surface area (Å²) in [4.78, 5) is 18.3. The Labute approximate surface area is 103 Å². The van der Waals surface area contributed by atoms with Crippen molar-refractivity contribution >= 4 is 22.5 Å². The van der Waals surface area contributed by atoms with Crippen LogP contribution in [0.25, 0.3) is 0 Å². The molecule has 0 aliphatic carbocycles. The normalized spacial score (nSPS) is 13.1. The van der Waals surface area contributed by atoms with E-state index >= 15 is 0 Å². The lowest BCUT2D eigenvalue weighted by Crippen LogP contribution is -2.60. The van der Waals surface area contributed by atoms with E-state index in [-0.39, 0.29) is 6.03 Å². The molecule has 0 aromatic heterocycles. The summed E-state index contributed by atoms with van der Waals surface area (Å²) in [6.07, 6.45) is 0. The molecule has 0 aromatic carbocycles. The molecule has 0 aliphatic rings. The molecule has 0 rings (SSSR count). The van der Waals surface area contributed by atoms with Crippen LogP contribution >= 0.6 is 0 Å². The minimum absolute atomic E-state index is 0.0377. The zero-order valence-corrected chi connectivity index (χ0v) is 14.1. The predicted molar refractivity (Wildman–Crippen MR) is 76.8 cm³/mol.